The van der Waals surface area contributed by atoms with Crippen molar-refractivity contribution in [2.45, 2.75) is 26.2 Å². The number of aromatic nitrogens is 3. The summed E-state index contributed by atoms with van der Waals surface area (Å²) in [7, 11) is 0. The topological polar surface area (TPSA) is 30.7 Å². The Labute approximate surface area is 93.9 Å². The van der Waals surface area contributed by atoms with Crippen LogP contribution in [-0.4, -0.2) is 15.0 Å². The van der Waals surface area contributed by atoms with Crippen LogP contribution >= 0.6 is 0 Å². The fourth-order valence-electron chi connectivity index (χ4n) is 1.76. The second kappa shape index (κ2) is 3.70. The number of hydrogen-bond acceptors (Lipinski definition) is 2. The molecular formula is C12H14FN3. The van der Waals surface area contributed by atoms with Crippen molar-refractivity contribution in [2.24, 2.45) is 0 Å². The summed E-state index contributed by atoms with van der Waals surface area (Å²) in [6.45, 7) is 5.91. The Hall–Kier alpha value is -1.71. The summed E-state index contributed by atoms with van der Waals surface area (Å²) < 4.78 is 13.9. The molecule has 3 nitrogen and oxygen atoms in total. The second-order valence-corrected chi connectivity index (χ2v) is 4.70. The molecule has 84 valence electrons. The fourth-order valence-corrected chi connectivity index (χ4v) is 1.76. The number of halogens is 1. The Morgan fingerprint density at radius 2 is 1.75 bits per heavy atom. The van der Waals surface area contributed by atoms with Gasteiger partial charge in [-0.15, -0.1) is 0 Å². The maximum Gasteiger partial charge on any atom is 0.129 e. The molecule has 0 spiro atoms. The van der Waals surface area contributed by atoms with Crippen molar-refractivity contribution in [2.75, 3.05) is 0 Å². The molecule has 0 N–H and O–H groups in total. The lowest BCUT2D eigenvalue weighted by molar-refractivity contribution is 0.514. The molecule has 0 fully saturated rings. The summed E-state index contributed by atoms with van der Waals surface area (Å²) in [4.78, 5) is 1.45. The first-order valence-electron chi connectivity index (χ1n) is 5.16. The van der Waals surface area contributed by atoms with Gasteiger partial charge in [-0.2, -0.15) is 15.0 Å². The predicted molar refractivity (Wildman–Crippen MR) is 60.0 cm³/mol. The highest BCUT2D eigenvalue weighted by atomic mass is 19.1. The first kappa shape index (κ1) is 10.8. The Morgan fingerprint density at radius 3 is 2.31 bits per heavy atom. The molecular weight excluding hydrogens is 205 g/mol. The second-order valence-electron chi connectivity index (χ2n) is 4.70. The van der Waals surface area contributed by atoms with Gasteiger partial charge in [0, 0.05) is 5.56 Å². The van der Waals surface area contributed by atoms with E-state index in [4.69, 9.17) is 0 Å². The van der Waals surface area contributed by atoms with Crippen molar-refractivity contribution >= 4 is 0 Å². The van der Waals surface area contributed by atoms with Crippen LogP contribution in [0.25, 0.3) is 5.69 Å². The first-order valence-corrected chi connectivity index (χ1v) is 5.16. The molecule has 0 atom stereocenters. The number of hydrogen-bond donors (Lipinski definition) is 0. The average Bonchev–Trinajstić information content (AvgIpc) is 2.67. The van der Waals surface area contributed by atoms with Crippen LogP contribution in [0, 0.1) is 5.82 Å². The van der Waals surface area contributed by atoms with Crippen LogP contribution in [0.2, 0.25) is 0 Å². The van der Waals surface area contributed by atoms with Gasteiger partial charge in [0.25, 0.3) is 0 Å². The normalized spacial score (nSPS) is 11.8. The molecule has 0 radical (unpaired) electrons. The Balaban J connectivity index is 2.67. The maximum atomic E-state index is 13.9. The minimum atomic E-state index is -0.283. The van der Waals surface area contributed by atoms with Crippen LogP contribution in [0.3, 0.4) is 0 Å². The van der Waals surface area contributed by atoms with E-state index in [1.54, 1.807) is 18.5 Å². The largest absolute Gasteiger partial charge is 0.207 e. The third-order valence-corrected chi connectivity index (χ3v) is 2.38. The lowest BCUT2D eigenvalue weighted by Crippen LogP contribution is -2.18. The van der Waals surface area contributed by atoms with E-state index < -0.39 is 0 Å². The number of rotatable bonds is 1. The monoisotopic (exact) mass is 219 g/mol. The van der Waals surface area contributed by atoms with E-state index in [2.05, 4.69) is 10.2 Å². The van der Waals surface area contributed by atoms with Crippen LogP contribution in [0.4, 0.5) is 4.39 Å². The standard InChI is InChI=1S/C12H14FN3/c1-12(2,3)11-9(13)5-4-6-10(11)16-14-7-8-15-16/h4-8H,1-3H3. The zero-order chi connectivity index (χ0) is 11.8. The van der Waals surface area contributed by atoms with Crippen molar-refractivity contribution in [3.05, 3.63) is 42.0 Å². The molecule has 0 saturated carbocycles. The zero-order valence-electron chi connectivity index (χ0n) is 9.61. The van der Waals surface area contributed by atoms with E-state index >= 15 is 0 Å². The minimum Gasteiger partial charge on any atom is -0.207 e. The van der Waals surface area contributed by atoms with Crippen LogP contribution in [0.5, 0.6) is 0 Å². The SMILES string of the molecule is CC(C)(C)c1c(F)cccc1-n1nccn1. The first-order chi connectivity index (χ1) is 7.50. The molecule has 4 heteroatoms. The quantitative estimate of drug-likeness (QED) is 0.738. The predicted octanol–water partition coefficient (Wildman–Crippen LogP) is 2.70. The van der Waals surface area contributed by atoms with Crippen LogP contribution in [0.15, 0.2) is 30.6 Å². The highest BCUT2D eigenvalue weighted by Crippen LogP contribution is 2.29. The van der Waals surface area contributed by atoms with Crippen LogP contribution < -0.4 is 0 Å². The highest BCUT2D eigenvalue weighted by molar-refractivity contribution is 5.44. The summed E-state index contributed by atoms with van der Waals surface area (Å²) in [5, 5.41) is 8.08. The van der Waals surface area contributed by atoms with E-state index in [0.29, 0.717) is 11.3 Å². The van der Waals surface area contributed by atoms with Gasteiger partial charge < -0.3 is 0 Å². The molecule has 1 heterocycles. The van der Waals surface area contributed by atoms with Gasteiger partial charge in [-0.25, -0.2) is 4.39 Å². The van der Waals surface area contributed by atoms with Crippen molar-refractivity contribution < 1.29 is 4.39 Å². The van der Waals surface area contributed by atoms with Gasteiger partial charge in [0.2, 0.25) is 0 Å². The van der Waals surface area contributed by atoms with Gasteiger partial charge in [0.05, 0.1) is 18.1 Å². The van der Waals surface area contributed by atoms with Crippen molar-refractivity contribution in [1.29, 1.82) is 0 Å². The van der Waals surface area contributed by atoms with E-state index in [-0.39, 0.29) is 11.2 Å². The molecule has 0 amide bonds. The van der Waals surface area contributed by atoms with Gasteiger partial charge in [-0.05, 0) is 17.5 Å². The molecule has 0 aliphatic carbocycles. The molecule has 2 rings (SSSR count). The molecule has 0 aliphatic heterocycles. The molecule has 1 aromatic carbocycles. The smallest absolute Gasteiger partial charge is 0.129 e. The van der Waals surface area contributed by atoms with E-state index in [0.717, 1.165) is 0 Å². The van der Waals surface area contributed by atoms with E-state index in [1.807, 2.05) is 26.8 Å². The Kier molecular flexibility index (Phi) is 2.50. The molecule has 1 aromatic heterocycles. The van der Waals surface area contributed by atoms with Gasteiger partial charge >= 0.3 is 0 Å². The summed E-state index contributed by atoms with van der Waals surface area (Å²) in [6.07, 6.45) is 3.16. The van der Waals surface area contributed by atoms with Crippen LogP contribution in [-0.2, 0) is 5.41 Å². The van der Waals surface area contributed by atoms with Gasteiger partial charge in [-0.1, -0.05) is 26.8 Å². The molecule has 2 aromatic rings. The summed E-state index contributed by atoms with van der Waals surface area (Å²) in [5.74, 6) is -0.220. The molecule has 0 saturated heterocycles. The number of benzene rings is 1. The summed E-state index contributed by atoms with van der Waals surface area (Å²) in [5.41, 5.74) is 1.04. The van der Waals surface area contributed by atoms with Gasteiger partial charge in [0.15, 0.2) is 0 Å². The molecule has 16 heavy (non-hydrogen) atoms. The highest BCUT2D eigenvalue weighted by Gasteiger charge is 2.23. The van der Waals surface area contributed by atoms with Crippen LogP contribution in [0.1, 0.15) is 26.3 Å². The summed E-state index contributed by atoms with van der Waals surface area (Å²) >= 11 is 0. The lowest BCUT2D eigenvalue weighted by atomic mass is 9.85. The average molecular weight is 219 g/mol. The summed E-state index contributed by atoms with van der Waals surface area (Å²) in [6, 6.07) is 4.96. The van der Waals surface area contributed by atoms with E-state index in [1.165, 1.54) is 10.9 Å². The Bertz CT molecular complexity index is 483. The maximum absolute atomic E-state index is 13.9. The van der Waals surface area contributed by atoms with Gasteiger partial charge in [-0.3, -0.25) is 0 Å². The molecule has 0 unspecified atom stereocenters. The third kappa shape index (κ3) is 1.83. The van der Waals surface area contributed by atoms with Gasteiger partial charge in [0.1, 0.15) is 5.82 Å². The molecule has 0 bridgehead atoms. The third-order valence-electron chi connectivity index (χ3n) is 2.38. The molecule has 0 aliphatic rings. The van der Waals surface area contributed by atoms with Crippen molar-refractivity contribution in [1.82, 2.24) is 15.0 Å². The lowest BCUT2D eigenvalue weighted by Gasteiger charge is -2.22. The Morgan fingerprint density at radius 1 is 1.12 bits per heavy atom. The zero-order valence-corrected chi connectivity index (χ0v) is 9.61. The number of nitrogens with zero attached hydrogens (tertiary/aromatic N) is 3. The minimum absolute atomic E-state index is 0.220. The van der Waals surface area contributed by atoms with Crippen molar-refractivity contribution in [3.63, 3.8) is 0 Å². The van der Waals surface area contributed by atoms with Crippen molar-refractivity contribution in [3.8, 4) is 5.69 Å². The van der Waals surface area contributed by atoms with E-state index in [9.17, 15) is 4.39 Å². The fraction of sp³-hybridized carbons (Fsp3) is 0.333.